The van der Waals surface area contributed by atoms with E-state index in [0.717, 1.165) is 36.8 Å². The zero-order valence-electron chi connectivity index (χ0n) is 16.7. The Bertz CT molecular complexity index is 999. The van der Waals surface area contributed by atoms with Gasteiger partial charge < -0.3 is 14.6 Å². The highest BCUT2D eigenvalue weighted by Gasteiger charge is 2.31. The summed E-state index contributed by atoms with van der Waals surface area (Å²) in [5.41, 5.74) is 3.45. The predicted octanol–water partition coefficient (Wildman–Crippen LogP) is 4.61. The van der Waals surface area contributed by atoms with Gasteiger partial charge in [-0.25, -0.2) is 0 Å². The van der Waals surface area contributed by atoms with E-state index >= 15 is 0 Å². The second kappa shape index (κ2) is 7.44. The van der Waals surface area contributed by atoms with Crippen LogP contribution in [-0.2, 0) is 7.05 Å². The van der Waals surface area contributed by atoms with Crippen molar-refractivity contribution in [3.8, 4) is 11.1 Å². The van der Waals surface area contributed by atoms with Gasteiger partial charge >= 0.3 is 0 Å². The molecule has 4 nitrogen and oxygen atoms in total. The van der Waals surface area contributed by atoms with Gasteiger partial charge in [0.15, 0.2) is 0 Å². The summed E-state index contributed by atoms with van der Waals surface area (Å²) in [6.07, 6.45) is 6.59. The molecule has 28 heavy (non-hydrogen) atoms. The number of aryl methyl sites for hydroxylation is 1. The molecule has 4 rings (SSSR count). The molecule has 1 saturated carbocycles. The van der Waals surface area contributed by atoms with Crippen LogP contribution in [0.5, 0.6) is 0 Å². The Balaban J connectivity index is 1.51. The van der Waals surface area contributed by atoms with Gasteiger partial charge in [-0.15, -0.1) is 0 Å². The maximum absolute atomic E-state index is 12.9. The summed E-state index contributed by atoms with van der Waals surface area (Å²) in [7, 11) is 3.86. The normalized spacial score (nSPS) is 15.8. The molecule has 1 amide bonds. The molecule has 0 atom stereocenters. The van der Waals surface area contributed by atoms with Crippen LogP contribution < -0.4 is 0 Å². The fourth-order valence-electron chi connectivity index (χ4n) is 4.27. The van der Waals surface area contributed by atoms with Gasteiger partial charge in [0.1, 0.15) is 0 Å². The van der Waals surface area contributed by atoms with Gasteiger partial charge in [-0.2, -0.15) is 0 Å². The molecule has 3 aromatic rings. The number of hydrogen-bond donors (Lipinski definition) is 1. The minimum Gasteiger partial charge on any atom is -0.390 e. The average molecular weight is 377 g/mol. The first-order valence-electron chi connectivity index (χ1n) is 10.1. The van der Waals surface area contributed by atoms with Crippen molar-refractivity contribution in [3.05, 3.63) is 60.3 Å². The summed E-state index contributed by atoms with van der Waals surface area (Å²) >= 11 is 0. The molecule has 1 aromatic heterocycles. The molecule has 0 saturated heterocycles. The van der Waals surface area contributed by atoms with Crippen LogP contribution in [0.25, 0.3) is 22.0 Å². The molecule has 0 aliphatic heterocycles. The highest BCUT2D eigenvalue weighted by Crippen LogP contribution is 2.32. The van der Waals surface area contributed by atoms with Crippen molar-refractivity contribution >= 4 is 16.8 Å². The van der Waals surface area contributed by atoms with E-state index in [1.807, 2.05) is 38.4 Å². The van der Waals surface area contributed by atoms with Crippen LogP contribution in [0, 0.1) is 0 Å². The van der Waals surface area contributed by atoms with Crippen molar-refractivity contribution in [2.24, 2.45) is 7.05 Å². The molecule has 4 heteroatoms. The van der Waals surface area contributed by atoms with Gasteiger partial charge in [-0.05, 0) is 60.7 Å². The fraction of sp³-hybridized carbons (Fsp3) is 0.375. The summed E-state index contributed by atoms with van der Waals surface area (Å²) in [5.74, 6) is 0.00392. The Kier molecular flexibility index (Phi) is 4.98. The third-order valence-corrected chi connectivity index (χ3v) is 6.12. The Morgan fingerprint density at radius 1 is 1.11 bits per heavy atom. The predicted molar refractivity (Wildman–Crippen MR) is 113 cm³/mol. The van der Waals surface area contributed by atoms with Crippen molar-refractivity contribution in [3.63, 3.8) is 0 Å². The quantitative estimate of drug-likeness (QED) is 0.707. The van der Waals surface area contributed by atoms with Crippen LogP contribution >= 0.6 is 0 Å². The van der Waals surface area contributed by atoms with Gasteiger partial charge in [-0.1, -0.05) is 31.0 Å². The first-order chi connectivity index (χ1) is 13.5. The van der Waals surface area contributed by atoms with Gasteiger partial charge in [0.05, 0.1) is 5.60 Å². The lowest BCUT2D eigenvalue weighted by Gasteiger charge is -2.26. The Labute approximate surface area is 166 Å². The number of benzene rings is 2. The largest absolute Gasteiger partial charge is 0.390 e. The van der Waals surface area contributed by atoms with Crippen molar-refractivity contribution in [2.45, 2.75) is 37.7 Å². The highest BCUT2D eigenvalue weighted by atomic mass is 16.3. The van der Waals surface area contributed by atoms with E-state index in [-0.39, 0.29) is 5.91 Å². The topological polar surface area (TPSA) is 45.5 Å². The van der Waals surface area contributed by atoms with Gasteiger partial charge in [0.2, 0.25) is 0 Å². The molecule has 0 bridgehead atoms. The summed E-state index contributed by atoms with van der Waals surface area (Å²) in [4.78, 5) is 14.6. The van der Waals surface area contributed by atoms with Crippen LogP contribution in [0.15, 0.2) is 54.7 Å². The van der Waals surface area contributed by atoms with Crippen molar-refractivity contribution in [1.29, 1.82) is 0 Å². The molecule has 1 aliphatic rings. The second-order valence-corrected chi connectivity index (χ2v) is 8.19. The third-order valence-electron chi connectivity index (χ3n) is 6.12. The Morgan fingerprint density at radius 2 is 1.86 bits per heavy atom. The summed E-state index contributed by atoms with van der Waals surface area (Å²) < 4.78 is 2.10. The van der Waals surface area contributed by atoms with Gasteiger partial charge in [0.25, 0.3) is 5.91 Å². The monoisotopic (exact) mass is 376 g/mol. The number of carbonyl (C=O) groups excluding carboxylic acids is 1. The lowest BCUT2D eigenvalue weighted by Crippen LogP contribution is -2.34. The van der Waals surface area contributed by atoms with Gasteiger partial charge in [0, 0.05) is 43.3 Å². The smallest absolute Gasteiger partial charge is 0.253 e. The van der Waals surface area contributed by atoms with Crippen LogP contribution in [-0.4, -0.2) is 39.7 Å². The number of nitrogens with zero attached hydrogens (tertiary/aromatic N) is 2. The van der Waals surface area contributed by atoms with Crippen LogP contribution in [0.2, 0.25) is 0 Å². The first-order valence-corrected chi connectivity index (χ1v) is 10.1. The molecular formula is C24H28N2O2. The molecule has 1 N–H and O–H groups in total. The molecule has 1 heterocycles. The third kappa shape index (κ3) is 3.69. The van der Waals surface area contributed by atoms with E-state index in [9.17, 15) is 9.90 Å². The summed E-state index contributed by atoms with van der Waals surface area (Å²) in [5, 5.41) is 11.7. The van der Waals surface area contributed by atoms with Crippen LogP contribution in [0.3, 0.4) is 0 Å². The number of rotatable bonds is 5. The summed E-state index contributed by atoms with van der Waals surface area (Å²) in [6.45, 7) is 0.579. The van der Waals surface area contributed by atoms with Crippen molar-refractivity contribution < 1.29 is 9.90 Å². The number of carbonyl (C=O) groups is 1. The van der Waals surface area contributed by atoms with E-state index in [0.29, 0.717) is 18.5 Å². The molecule has 1 aliphatic carbocycles. The van der Waals surface area contributed by atoms with E-state index in [1.54, 1.807) is 4.90 Å². The molecule has 146 valence electrons. The first kappa shape index (κ1) is 18.8. The molecule has 0 unspecified atom stereocenters. The van der Waals surface area contributed by atoms with Crippen molar-refractivity contribution in [1.82, 2.24) is 9.47 Å². The number of aromatic nitrogens is 1. The Morgan fingerprint density at radius 3 is 2.64 bits per heavy atom. The molecular weight excluding hydrogens is 348 g/mol. The number of fused-ring (bicyclic) bond motifs is 1. The average Bonchev–Trinajstić information content (AvgIpc) is 3.32. The van der Waals surface area contributed by atoms with Crippen LogP contribution in [0.1, 0.15) is 42.5 Å². The highest BCUT2D eigenvalue weighted by molar-refractivity contribution is 5.95. The molecule has 1 fully saturated rings. The van der Waals surface area contributed by atoms with Crippen molar-refractivity contribution in [2.75, 3.05) is 13.6 Å². The molecule has 0 radical (unpaired) electrons. The van der Waals surface area contributed by atoms with Gasteiger partial charge in [-0.3, -0.25) is 4.79 Å². The van der Waals surface area contributed by atoms with E-state index in [4.69, 9.17) is 0 Å². The number of amides is 1. The number of aliphatic hydroxyl groups is 1. The van der Waals surface area contributed by atoms with Crippen LogP contribution in [0.4, 0.5) is 0 Å². The zero-order valence-corrected chi connectivity index (χ0v) is 16.7. The fourth-order valence-corrected chi connectivity index (χ4v) is 4.27. The Hall–Kier alpha value is -2.59. The minimum absolute atomic E-state index is 0.00392. The van der Waals surface area contributed by atoms with E-state index in [1.165, 1.54) is 10.9 Å². The van der Waals surface area contributed by atoms with E-state index < -0.39 is 5.60 Å². The lowest BCUT2D eigenvalue weighted by atomic mass is 9.97. The standard InChI is InChI=1S/C24H28N2O2/c1-25-14-10-20-16-19(8-9-22(20)25)18-6-5-7-21(17-18)23(27)26(2)15-13-24(28)11-3-4-12-24/h5-10,14,16-17,28H,3-4,11-13,15H2,1-2H3. The molecule has 2 aromatic carbocycles. The zero-order chi connectivity index (χ0) is 19.7. The maximum Gasteiger partial charge on any atom is 0.253 e. The minimum atomic E-state index is -0.582. The summed E-state index contributed by atoms with van der Waals surface area (Å²) in [6, 6.07) is 16.3. The second-order valence-electron chi connectivity index (χ2n) is 8.19. The SMILES string of the molecule is CN(CCC1(O)CCCC1)C(=O)c1cccc(-c2ccc3c(ccn3C)c2)c1. The number of hydrogen-bond acceptors (Lipinski definition) is 2. The lowest BCUT2D eigenvalue weighted by molar-refractivity contribution is 0.0296. The maximum atomic E-state index is 12.9. The molecule has 0 spiro atoms. The van der Waals surface area contributed by atoms with E-state index in [2.05, 4.69) is 35.0 Å².